The highest BCUT2D eigenvalue weighted by molar-refractivity contribution is 7.89. The monoisotopic (exact) mass is 365 g/mol. The molecule has 2 aromatic heterocycles. The van der Waals surface area contributed by atoms with Crippen LogP contribution in [-0.2, 0) is 29.5 Å². The molecule has 7 nitrogen and oxygen atoms in total. The highest BCUT2D eigenvalue weighted by Crippen LogP contribution is 2.22. The van der Waals surface area contributed by atoms with Gasteiger partial charge in [0.25, 0.3) is 0 Å². The Morgan fingerprint density at radius 3 is 2.84 bits per heavy atom. The van der Waals surface area contributed by atoms with Crippen molar-refractivity contribution < 1.29 is 8.42 Å². The molecule has 25 heavy (non-hydrogen) atoms. The van der Waals surface area contributed by atoms with Gasteiger partial charge in [-0.05, 0) is 32.1 Å². The summed E-state index contributed by atoms with van der Waals surface area (Å²) >= 11 is 0. The van der Waals surface area contributed by atoms with E-state index >= 15 is 0 Å². The first-order valence-electron chi connectivity index (χ1n) is 8.81. The zero-order valence-electron chi connectivity index (χ0n) is 15.4. The molecule has 0 fully saturated rings. The van der Waals surface area contributed by atoms with Crippen molar-refractivity contribution >= 4 is 10.0 Å². The molecular weight excluding hydrogens is 338 g/mol. The maximum atomic E-state index is 12.8. The van der Waals surface area contributed by atoms with Crippen molar-refractivity contribution in [2.45, 2.75) is 58.5 Å². The second-order valence-corrected chi connectivity index (χ2v) is 9.03. The third-order valence-corrected chi connectivity index (χ3v) is 6.39. The lowest BCUT2D eigenvalue weighted by Crippen LogP contribution is -2.34. The van der Waals surface area contributed by atoms with E-state index < -0.39 is 10.0 Å². The Labute approximate surface area is 149 Å². The van der Waals surface area contributed by atoms with Gasteiger partial charge in [-0.15, -0.1) is 0 Å². The lowest BCUT2D eigenvalue weighted by molar-refractivity contribution is 0.363. The topological polar surface area (TPSA) is 81.8 Å². The van der Waals surface area contributed by atoms with E-state index in [1.807, 2.05) is 13.1 Å². The van der Waals surface area contributed by atoms with Gasteiger partial charge < -0.3 is 4.57 Å². The standard InChI is InChI=1S/C17H27N5O2S/c1-12(2)10-22-14(4)17(13(3)20-22)25(23,24)19-9-15-5-6-16-18-7-8-21(16)11-15/h7-8,12,15,19H,5-6,9-11H2,1-4H3. The molecule has 1 aliphatic heterocycles. The van der Waals surface area contributed by atoms with E-state index in [2.05, 4.69) is 33.2 Å². The normalized spacial score (nSPS) is 17.9. The minimum absolute atomic E-state index is 0.280. The molecule has 0 saturated carbocycles. The largest absolute Gasteiger partial charge is 0.335 e. The minimum atomic E-state index is -3.56. The predicted octanol–water partition coefficient (Wildman–Crippen LogP) is 1.89. The van der Waals surface area contributed by atoms with Gasteiger partial charge in [0.05, 0.1) is 11.4 Å². The summed E-state index contributed by atoms with van der Waals surface area (Å²) in [6, 6.07) is 0. The van der Waals surface area contributed by atoms with Gasteiger partial charge in [-0.1, -0.05) is 13.8 Å². The smallest absolute Gasteiger partial charge is 0.244 e. The van der Waals surface area contributed by atoms with Crippen LogP contribution >= 0.6 is 0 Å². The number of rotatable bonds is 6. The zero-order chi connectivity index (χ0) is 18.2. The summed E-state index contributed by atoms with van der Waals surface area (Å²) in [5.74, 6) is 1.77. The molecule has 0 radical (unpaired) electrons. The number of hydrogen-bond acceptors (Lipinski definition) is 4. The van der Waals surface area contributed by atoms with E-state index in [0.29, 0.717) is 35.3 Å². The van der Waals surface area contributed by atoms with Crippen LogP contribution in [0.1, 0.15) is 37.5 Å². The lowest BCUT2D eigenvalue weighted by atomic mass is 10.00. The van der Waals surface area contributed by atoms with Crippen molar-refractivity contribution in [1.82, 2.24) is 24.1 Å². The Kier molecular flexibility index (Phi) is 5.02. The van der Waals surface area contributed by atoms with E-state index in [-0.39, 0.29) is 5.92 Å². The third kappa shape index (κ3) is 3.79. The lowest BCUT2D eigenvalue weighted by Gasteiger charge is -2.24. The van der Waals surface area contributed by atoms with E-state index in [1.165, 1.54) is 0 Å². The van der Waals surface area contributed by atoms with E-state index in [0.717, 1.165) is 25.2 Å². The summed E-state index contributed by atoms with van der Waals surface area (Å²) in [5, 5.41) is 4.42. The molecule has 8 heteroatoms. The molecule has 3 heterocycles. The van der Waals surface area contributed by atoms with Crippen LogP contribution in [0.15, 0.2) is 17.3 Å². The van der Waals surface area contributed by atoms with Crippen LogP contribution in [0.2, 0.25) is 0 Å². The number of fused-ring (bicyclic) bond motifs is 1. The minimum Gasteiger partial charge on any atom is -0.335 e. The first-order valence-corrected chi connectivity index (χ1v) is 10.3. The molecule has 138 valence electrons. The molecule has 1 atom stereocenters. The fourth-order valence-electron chi connectivity index (χ4n) is 3.50. The number of imidazole rings is 1. The summed E-state index contributed by atoms with van der Waals surface area (Å²) in [7, 11) is -3.56. The van der Waals surface area contributed by atoms with Gasteiger partial charge in [-0.2, -0.15) is 5.10 Å². The van der Waals surface area contributed by atoms with Gasteiger partial charge in [0, 0.05) is 38.4 Å². The molecule has 1 aliphatic rings. The summed E-state index contributed by atoms with van der Waals surface area (Å²) in [5.41, 5.74) is 1.27. The molecule has 1 N–H and O–H groups in total. The molecule has 0 spiro atoms. The fraction of sp³-hybridized carbons (Fsp3) is 0.647. The molecule has 3 rings (SSSR count). The third-order valence-electron chi connectivity index (χ3n) is 4.72. The quantitative estimate of drug-likeness (QED) is 0.847. The molecule has 0 amide bonds. The molecule has 1 unspecified atom stereocenters. The Morgan fingerprint density at radius 1 is 1.36 bits per heavy atom. The summed E-state index contributed by atoms with van der Waals surface area (Å²) < 4.78 is 32.4. The van der Waals surface area contributed by atoms with Crippen LogP contribution in [0.4, 0.5) is 0 Å². The van der Waals surface area contributed by atoms with Crippen molar-refractivity contribution in [3.63, 3.8) is 0 Å². The number of aromatic nitrogens is 4. The van der Waals surface area contributed by atoms with Crippen molar-refractivity contribution in [1.29, 1.82) is 0 Å². The van der Waals surface area contributed by atoms with Crippen LogP contribution in [-0.4, -0.2) is 34.3 Å². The second kappa shape index (κ2) is 6.92. The Hall–Kier alpha value is -1.67. The maximum Gasteiger partial charge on any atom is 0.244 e. The van der Waals surface area contributed by atoms with Gasteiger partial charge in [0.2, 0.25) is 10.0 Å². The van der Waals surface area contributed by atoms with Crippen LogP contribution in [0.25, 0.3) is 0 Å². The number of hydrogen-bond donors (Lipinski definition) is 1. The molecule has 2 aromatic rings. The molecule has 0 aliphatic carbocycles. The Morgan fingerprint density at radius 2 is 2.12 bits per heavy atom. The van der Waals surface area contributed by atoms with E-state index in [4.69, 9.17) is 0 Å². The van der Waals surface area contributed by atoms with Gasteiger partial charge >= 0.3 is 0 Å². The Balaban J connectivity index is 1.71. The number of nitrogens with zero attached hydrogens (tertiary/aromatic N) is 4. The number of nitrogens with one attached hydrogen (secondary N) is 1. The van der Waals surface area contributed by atoms with Crippen molar-refractivity contribution in [3.05, 3.63) is 29.6 Å². The highest BCUT2D eigenvalue weighted by atomic mass is 32.2. The van der Waals surface area contributed by atoms with Gasteiger partial charge in [0.15, 0.2) is 0 Å². The van der Waals surface area contributed by atoms with Crippen molar-refractivity contribution in [2.24, 2.45) is 11.8 Å². The number of sulfonamides is 1. The average molecular weight is 366 g/mol. The summed E-state index contributed by atoms with van der Waals surface area (Å²) in [6.45, 7) is 9.74. The maximum absolute atomic E-state index is 12.8. The van der Waals surface area contributed by atoms with Gasteiger partial charge in [-0.3, -0.25) is 4.68 Å². The molecule has 0 aromatic carbocycles. The molecular formula is C17H27N5O2S. The van der Waals surface area contributed by atoms with Crippen LogP contribution in [0.5, 0.6) is 0 Å². The highest BCUT2D eigenvalue weighted by Gasteiger charge is 2.27. The van der Waals surface area contributed by atoms with Gasteiger partial charge in [-0.25, -0.2) is 18.1 Å². The second-order valence-electron chi connectivity index (χ2n) is 7.33. The first-order chi connectivity index (χ1) is 11.8. The van der Waals surface area contributed by atoms with Gasteiger partial charge in [0.1, 0.15) is 10.7 Å². The Bertz CT molecular complexity index is 851. The first kappa shape index (κ1) is 18.1. The van der Waals surface area contributed by atoms with Crippen LogP contribution < -0.4 is 4.72 Å². The average Bonchev–Trinajstić information content (AvgIpc) is 3.09. The van der Waals surface area contributed by atoms with Crippen LogP contribution in [0, 0.1) is 25.7 Å². The zero-order valence-corrected chi connectivity index (χ0v) is 16.2. The van der Waals surface area contributed by atoms with Crippen LogP contribution in [0.3, 0.4) is 0 Å². The fourth-order valence-corrected chi connectivity index (χ4v) is 5.02. The SMILES string of the molecule is Cc1nn(CC(C)C)c(C)c1S(=O)(=O)NCC1CCc2nccn2C1. The molecule has 0 bridgehead atoms. The molecule has 0 saturated heterocycles. The predicted molar refractivity (Wildman–Crippen MR) is 95.8 cm³/mol. The van der Waals surface area contributed by atoms with E-state index in [1.54, 1.807) is 17.8 Å². The summed E-state index contributed by atoms with van der Waals surface area (Å²) in [4.78, 5) is 4.64. The van der Waals surface area contributed by atoms with E-state index in [9.17, 15) is 8.42 Å². The summed E-state index contributed by atoms with van der Waals surface area (Å²) in [6.07, 6.45) is 5.60. The number of aryl methyl sites for hydroxylation is 2. The van der Waals surface area contributed by atoms with Crippen molar-refractivity contribution in [3.8, 4) is 0 Å². The van der Waals surface area contributed by atoms with Crippen molar-refractivity contribution in [2.75, 3.05) is 6.54 Å².